The molecule has 2 heterocycles. The van der Waals surface area contributed by atoms with Crippen LogP contribution in [0.1, 0.15) is 15.9 Å². The Kier molecular flexibility index (Phi) is 5.94. The van der Waals surface area contributed by atoms with Crippen LogP contribution in [0.25, 0.3) is 0 Å². The maximum atomic E-state index is 12.9. The second kappa shape index (κ2) is 8.96. The van der Waals surface area contributed by atoms with E-state index in [-0.39, 0.29) is 17.8 Å². The summed E-state index contributed by atoms with van der Waals surface area (Å²) < 4.78 is 12.9. The highest BCUT2D eigenvalue weighted by molar-refractivity contribution is 7.99. The number of anilines is 2. The maximum Gasteiger partial charge on any atom is 0.326 e. The molecule has 0 bridgehead atoms. The summed E-state index contributed by atoms with van der Waals surface area (Å²) in [7, 11) is 0. The second-order valence-corrected chi connectivity index (χ2v) is 7.73. The van der Waals surface area contributed by atoms with Crippen LogP contribution in [0, 0.1) is 5.82 Å². The maximum absolute atomic E-state index is 12.9. The molecule has 2 N–H and O–H groups in total. The van der Waals surface area contributed by atoms with E-state index in [4.69, 9.17) is 0 Å². The zero-order chi connectivity index (χ0) is 20.9. The van der Waals surface area contributed by atoms with Crippen LogP contribution in [0.5, 0.6) is 0 Å². The minimum atomic E-state index is -0.314. The number of hydrogen-bond acceptors (Lipinski definition) is 4. The quantitative estimate of drug-likeness (QED) is 0.658. The summed E-state index contributed by atoms with van der Waals surface area (Å²) in [6, 6.07) is 16.1. The standard InChI is InChI=1S/C22H19FN4O2S/c23-17-7-3-15(4-8-17)14-25-20(28)16-5-9-18(10-6-16)26-22(29)27-12-13-30-21-19(27)2-1-11-24-21/h1-11H,12-14H2,(H,25,28)(H,26,29). The lowest BCUT2D eigenvalue weighted by Crippen LogP contribution is -2.38. The Morgan fingerprint density at radius 1 is 1.07 bits per heavy atom. The normalized spacial score (nSPS) is 12.8. The average molecular weight is 422 g/mol. The van der Waals surface area contributed by atoms with E-state index in [1.807, 2.05) is 12.1 Å². The van der Waals surface area contributed by atoms with Crippen molar-refractivity contribution in [3.8, 4) is 0 Å². The van der Waals surface area contributed by atoms with Gasteiger partial charge in [0.15, 0.2) is 0 Å². The molecule has 3 aromatic rings. The number of aromatic nitrogens is 1. The third kappa shape index (κ3) is 4.60. The van der Waals surface area contributed by atoms with Crippen LogP contribution in [0.4, 0.5) is 20.6 Å². The van der Waals surface area contributed by atoms with Crippen molar-refractivity contribution < 1.29 is 14.0 Å². The van der Waals surface area contributed by atoms with Gasteiger partial charge in [0.25, 0.3) is 5.91 Å². The number of fused-ring (bicyclic) bond motifs is 1. The van der Waals surface area contributed by atoms with E-state index in [1.165, 1.54) is 12.1 Å². The van der Waals surface area contributed by atoms with Crippen LogP contribution >= 0.6 is 11.8 Å². The predicted octanol–water partition coefficient (Wildman–Crippen LogP) is 4.29. The van der Waals surface area contributed by atoms with Crippen LogP contribution in [-0.4, -0.2) is 29.2 Å². The first-order chi connectivity index (χ1) is 14.6. The molecule has 0 aliphatic carbocycles. The van der Waals surface area contributed by atoms with E-state index in [0.717, 1.165) is 22.0 Å². The van der Waals surface area contributed by atoms with Gasteiger partial charge >= 0.3 is 6.03 Å². The molecule has 0 unspecified atom stereocenters. The monoisotopic (exact) mass is 422 g/mol. The van der Waals surface area contributed by atoms with Crippen LogP contribution < -0.4 is 15.5 Å². The summed E-state index contributed by atoms with van der Waals surface area (Å²) >= 11 is 1.63. The zero-order valence-corrected chi connectivity index (χ0v) is 16.8. The Morgan fingerprint density at radius 3 is 2.60 bits per heavy atom. The fourth-order valence-corrected chi connectivity index (χ4v) is 3.98. The van der Waals surface area contributed by atoms with Crippen molar-refractivity contribution in [3.05, 3.63) is 83.8 Å². The largest absolute Gasteiger partial charge is 0.348 e. The average Bonchev–Trinajstić information content (AvgIpc) is 2.78. The molecule has 1 aromatic heterocycles. The Labute approximate surface area is 177 Å². The molecule has 0 fully saturated rings. The summed E-state index contributed by atoms with van der Waals surface area (Å²) in [5, 5.41) is 6.50. The summed E-state index contributed by atoms with van der Waals surface area (Å²) in [5.41, 5.74) is 2.67. The van der Waals surface area contributed by atoms with Crippen molar-refractivity contribution in [3.63, 3.8) is 0 Å². The molecule has 6 nitrogen and oxygen atoms in total. The van der Waals surface area contributed by atoms with Gasteiger partial charge in [-0.2, -0.15) is 0 Å². The number of carbonyl (C=O) groups excluding carboxylic acids is 2. The molecule has 0 radical (unpaired) electrons. The summed E-state index contributed by atoms with van der Waals surface area (Å²) in [5.74, 6) is 0.223. The number of nitrogens with one attached hydrogen (secondary N) is 2. The Morgan fingerprint density at radius 2 is 1.83 bits per heavy atom. The first kappa shape index (κ1) is 19.9. The lowest BCUT2D eigenvalue weighted by molar-refractivity contribution is 0.0951. The van der Waals surface area contributed by atoms with E-state index in [2.05, 4.69) is 15.6 Å². The van der Waals surface area contributed by atoms with Crippen molar-refractivity contribution in [2.45, 2.75) is 11.6 Å². The van der Waals surface area contributed by atoms with Gasteiger partial charge in [0.2, 0.25) is 0 Å². The van der Waals surface area contributed by atoms with Gasteiger partial charge < -0.3 is 10.6 Å². The van der Waals surface area contributed by atoms with Gasteiger partial charge in [-0.1, -0.05) is 12.1 Å². The summed E-state index contributed by atoms with van der Waals surface area (Å²) in [6.07, 6.45) is 1.72. The van der Waals surface area contributed by atoms with E-state index in [0.29, 0.717) is 24.3 Å². The van der Waals surface area contributed by atoms with Crippen molar-refractivity contribution >= 4 is 35.1 Å². The first-order valence-electron chi connectivity index (χ1n) is 9.39. The Balaban J connectivity index is 1.36. The third-order valence-electron chi connectivity index (χ3n) is 4.61. The number of halogens is 1. The highest BCUT2D eigenvalue weighted by Gasteiger charge is 2.23. The van der Waals surface area contributed by atoms with Crippen LogP contribution in [-0.2, 0) is 6.54 Å². The number of pyridine rings is 1. The van der Waals surface area contributed by atoms with Gasteiger partial charge in [-0.15, -0.1) is 11.8 Å². The lowest BCUT2D eigenvalue weighted by Gasteiger charge is -2.28. The number of thioether (sulfide) groups is 1. The molecule has 4 rings (SSSR count). The molecule has 0 atom stereocenters. The Hall–Kier alpha value is -3.39. The number of nitrogens with zero attached hydrogens (tertiary/aromatic N) is 2. The molecule has 30 heavy (non-hydrogen) atoms. The molecule has 0 spiro atoms. The molecule has 1 aliphatic heterocycles. The minimum absolute atomic E-state index is 0.238. The van der Waals surface area contributed by atoms with E-state index >= 15 is 0 Å². The number of benzene rings is 2. The van der Waals surface area contributed by atoms with Crippen LogP contribution in [0.15, 0.2) is 71.9 Å². The van der Waals surface area contributed by atoms with Gasteiger partial charge in [-0.3, -0.25) is 9.69 Å². The number of hydrogen-bond donors (Lipinski definition) is 2. The fourth-order valence-electron chi connectivity index (χ4n) is 3.05. The lowest BCUT2D eigenvalue weighted by atomic mass is 10.1. The number of urea groups is 1. The molecule has 0 saturated heterocycles. The van der Waals surface area contributed by atoms with Crippen molar-refractivity contribution in [2.24, 2.45) is 0 Å². The molecule has 8 heteroatoms. The molecule has 152 valence electrons. The molecule has 2 aromatic carbocycles. The molecular weight excluding hydrogens is 403 g/mol. The van der Waals surface area contributed by atoms with Crippen molar-refractivity contribution in [2.75, 3.05) is 22.5 Å². The number of amides is 3. The topological polar surface area (TPSA) is 74.3 Å². The first-order valence-corrected chi connectivity index (χ1v) is 10.4. The van der Waals surface area contributed by atoms with E-state index in [1.54, 1.807) is 59.3 Å². The van der Waals surface area contributed by atoms with Crippen LogP contribution in [0.2, 0.25) is 0 Å². The summed E-state index contributed by atoms with van der Waals surface area (Å²) in [6.45, 7) is 0.900. The highest BCUT2D eigenvalue weighted by atomic mass is 32.2. The fraction of sp³-hybridized carbons (Fsp3) is 0.136. The van der Waals surface area contributed by atoms with Crippen LogP contribution in [0.3, 0.4) is 0 Å². The predicted molar refractivity (Wildman–Crippen MR) is 115 cm³/mol. The third-order valence-corrected chi connectivity index (χ3v) is 5.58. The Bertz CT molecular complexity index is 1060. The number of rotatable bonds is 4. The molecular formula is C22H19FN4O2S. The second-order valence-electron chi connectivity index (χ2n) is 6.64. The number of carbonyl (C=O) groups is 2. The SMILES string of the molecule is O=C(NCc1ccc(F)cc1)c1ccc(NC(=O)N2CCSc3ncccc32)cc1. The highest BCUT2D eigenvalue weighted by Crippen LogP contribution is 2.32. The molecule has 1 aliphatic rings. The van der Waals surface area contributed by atoms with Gasteiger partial charge in [0.1, 0.15) is 10.8 Å². The van der Waals surface area contributed by atoms with Crippen molar-refractivity contribution in [1.29, 1.82) is 0 Å². The van der Waals surface area contributed by atoms with Gasteiger partial charge in [-0.25, -0.2) is 14.2 Å². The molecule has 0 saturated carbocycles. The summed E-state index contributed by atoms with van der Waals surface area (Å²) in [4.78, 5) is 31.0. The van der Waals surface area contributed by atoms with E-state index in [9.17, 15) is 14.0 Å². The van der Waals surface area contributed by atoms with Gasteiger partial charge in [0, 0.05) is 36.3 Å². The van der Waals surface area contributed by atoms with Crippen molar-refractivity contribution in [1.82, 2.24) is 10.3 Å². The smallest absolute Gasteiger partial charge is 0.326 e. The minimum Gasteiger partial charge on any atom is -0.348 e. The van der Waals surface area contributed by atoms with Gasteiger partial charge in [0.05, 0.1) is 5.69 Å². The molecule has 3 amide bonds. The zero-order valence-electron chi connectivity index (χ0n) is 16.0. The van der Waals surface area contributed by atoms with E-state index < -0.39 is 0 Å². The van der Waals surface area contributed by atoms with Gasteiger partial charge in [-0.05, 0) is 54.1 Å².